The Morgan fingerprint density at radius 1 is 0.920 bits per heavy atom. The first-order valence-electron chi connectivity index (χ1n) is 7.89. The molecule has 0 spiro atoms. The van der Waals surface area contributed by atoms with Crippen LogP contribution in [0.3, 0.4) is 0 Å². The molecule has 0 bridgehead atoms. The van der Waals surface area contributed by atoms with Gasteiger partial charge in [-0.1, -0.05) is 30.3 Å². The summed E-state index contributed by atoms with van der Waals surface area (Å²) in [5.74, 6) is -0.128. The number of amides is 1. The standard InChI is InChI=1S/C19H17N3O3/c23-19(16-6-5-14-3-1-2-4-15(14)13-16)21-12-11-20-17-7-9-18(10-8-17)22(24)25/h1-10,13,20H,11-12H2,(H,21,23). The van der Waals surface area contributed by atoms with Gasteiger partial charge in [0.15, 0.2) is 0 Å². The van der Waals surface area contributed by atoms with Crippen LogP contribution in [-0.4, -0.2) is 23.9 Å². The molecule has 126 valence electrons. The molecule has 0 saturated carbocycles. The number of carbonyl (C=O) groups excluding carboxylic acids is 1. The van der Waals surface area contributed by atoms with Crippen LogP contribution in [0.2, 0.25) is 0 Å². The van der Waals surface area contributed by atoms with Crippen LogP contribution in [0, 0.1) is 10.1 Å². The summed E-state index contributed by atoms with van der Waals surface area (Å²) in [6.07, 6.45) is 0. The van der Waals surface area contributed by atoms with Gasteiger partial charge in [-0.25, -0.2) is 0 Å². The lowest BCUT2D eigenvalue weighted by Crippen LogP contribution is -2.28. The number of benzene rings is 3. The number of fused-ring (bicyclic) bond motifs is 1. The molecule has 0 heterocycles. The lowest BCUT2D eigenvalue weighted by molar-refractivity contribution is -0.384. The number of hydrogen-bond acceptors (Lipinski definition) is 4. The van der Waals surface area contributed by atoms with Gasteiger partial charge < -0.3 is 10.6 Å². The molecule has 0 unspecified atom stereocenters. The zero-order chi connectivity index (χ0) is 17.6. The largest absolute Gasteiger partial charge is 0.383 e. The Morgan fingerprint density at radius 3 is 2.36 bits per heavy atom. The van der Waals surface area contributed by atoms with E-state index in [1.165, 1.54) is 12.1 Å². The third kappa shape index (κ3) is 4.11. The quantitative estimate of drug-likeness (QED) is 0.409. The minimum Gasteiger partial charge on any atom is -0.383 e. The van der Waals surface area contributed by atoms with Crippen molar-refractivity contribution in [2.75, 3.05) is 18.4 Å². The maximum absolute atomic E-state index is 12.2. The molecule has 25 heavy (non-hydrogen) atoms. The Hall–Kier alpha value is -3.41. The predicted molar refractivity (Wildman–Crippen MR) is 97.9 cm³/mol. The predicted octanol–water partition coefficient (Wildman–Crippen LogP) is 3.59. The molecule has 0 aromatic heterocycles. The molecule has 3 aromatic rings. The molecule has 0 saturated heterocycles. The second-order valence-corrected chi connectivity index (χ2v) is 5.55. The van der Waals surface area contributed by atoms with Crippen molar-refractivity contribution in [2.24, 2.45) is 0 Å². The van der Waals surface area contributed by atoms with E-state index >= 15 is 0 Å². The molecule has 0 fully saturated rings. The third-order valence-corrected chi connectivity index (χ3v) is 3.83. The van der Waals surface area contributed by atoms with Gasteiger partial charge in [-0.2, -0.15) is 0 Å². The monoisotopic (exact) mass is 335 g/mol. The fourth-order valence-electron chi connectivity index (χ4n) is 2.52. The van der Waals surface area contributed by atoms with E-state index in [1.54, 1.807) is 18.2 Å². The summed E-state index contributed by atoms with van der Waals surface area (Å²) in [4.78, 5) is 22.4. The molecular formula is C19H17N3O3. The van der Waals surface area contributed by atoms with Crippen LogP contribution in [0.1, 0.15) is 10.4 Å². The molecule has 6 nitrogen and oxygen atoms in total. The molecule has 2 N–H and O–H groups in total. The number of nitrogens with zero attached hydrogens (tertiary/aromatic N) is 1. The highest BCUT2D eigenvalue weighted by molar-refractivity contribution is 5.98. The maximum Gasteiger partial charge on any atom is 0.269 e. The fraction of sp³-hybridized carbons (Fsp3) is 0.105. The van der Waals surface area contributed by atoms with E-state index in [9.17, 15) is 14.9 Å². The van der Waals surface area contributed by atoms with E-state index < -0.39 is 4.92 Å². The summed E-state index contributed by atoms with van der Waals surface area (Å²) in [5.41, 5.74) is 1.44. The van der Waals surface area contributed by atoms with E-state index in [1.807, 2.05) is 36.4 Å². The second kappa shape index (κ2) is 7.44. The van der Waals surface area contributed by atoms with E-state index in [4.69, 9.17) is 0 Å². The topological polar surface area (TPSA) is 84.3 Å². The first-order chi connectivity index (χ1) is 12.1. The van der Waals surface area contributed by atoms with Crippen LogP contribution in [0.15, 0.2) is 66.7 Å². The molecule has 0 atom stereocenters. The van der Waals surface area contributed by atoms with E-state index in [0.29, 0.717) is 18.7 Å². The summed E-state index contributed by atoms with van der Waals surface area (Å²) < 4.78 is 0. The summed E-state index contributed by atoms with van der Waals surface area (Å²) >= 11 is 0. The SMILES string of the molecule is O=C(NCCNc1ccc([N+](=O)[O-])cc1)c1ccc2ccccc2c1. The van der Waals surface area contributed by atoms with Crippen molar-refractivity contribution in [3.05, 3.63) is 82.4 Å². The summed E-state index contributed by atoms with van der Waals surface area (Å²) in [7, 11) is 0. The van der Waals surface area contributed by atoms with E-state index in [-0.39, 0.29) is 11.6 Å². The number of nitro benzene ring substituents is 1. The Labute approximate surface area is 144 Å². The number of hydrogen-bond donors (Lipinski definition) is 2. The Morgan fingerprint density at radius 2 is 1.64 bits per heavy atom. The number of nitro groups is 1. The lowest BCUT2D eigenvalue weighted by Gasteiger charge is -2.08. The summed E-state index contributed by atoms with van der Waals surface area (Å²) in [5, 5.41) is 18.7. The Bertz CT molecular complexity index is 907. The van der Waals surface area contributed by atoms with Gasteiger partial charge in [0, 0.05) is 36.5 Å². The van der Waals surface area contributed by atoms with Gasteiger partial charge >= 0.3 is 0 Å². The van der Waals surface area contributed by atoms with Crippen LogP contribution in [0.25, 0.3) is 10.8 Å². The normalized spacial score (nSPS) is 10.4. The zero-order valence-corrected chi connectivity index (χ0v) is 13.4. The molecular weight excluding hydrogens is 318 g/mol. The number of rotatable bonds is 6. The average Bonchev–Trinajstić information content (AvgIpc) is 2.65. The number of anilines is 1. The Kier molecular flexibility index (Phi) is 4.89. The number of nitrogens with one attached hydrogen (secondary N) is 2. The first kappa shape index (κ1) is 16.4. The molecule has 6 heteroatoms. The molecule has 0 aliphatic rings. The van der Waals surface area contributed by atoms with Crippen LogP contribution in [0.4, 0.5) is 11.4 Å². The van der Waals surface area contributed by atoms with Crippen molar-refractivity contribution in [1.82, 2.24) is 5.32 Å². The van der Waals surface area contributed by atoms with Gasteiger partial charge in [-0.3, -0.25) is 14.9 Å². The van der Waals surface area contributed by atoms with Crippen LogP contribution >= 0.6 is 0 Å². The molecule has 0 aliphatic heterocycles. The molecule has 1 amide bonds. The highest BCUT2D eigenvalue weighted by Crippen LogP contribution is 2.16. The van der Waals surface area contributed by atoms with E-state index in [2.05, 4.69) is 10.6 Å². The molecule has 3 aromatic carbocycles. The number of carbonyl (C=O) groups is 1. The molecule has 0 aliphatic carbocycles. The second-order valence-electron chi connectivity index (χ2n) is 5.55. The van der Waals surface area contributed by atoms with Gasteiger partial charge in [0.05, 0.1) is 4.92 Å². The minimum absolute atomic E-state index is 0.0511. The van der Waals surface area contributed by atoms with Crippen molar-refractivity contribution in [3.63, 3.8) is 0 Å². The van der Waals surface area contributed by atoms with Crippen LogP contribution in [0.5, 0.6) is 0 Å². The Balaban J connectivity index is 1.51. The van der Waals surface area contributed by atoms with E-state index in [0.717, 1.165) is 16.5 Å². The van der Waals surface area contributed by atoms with Crippen molar-refractivity contribution in [3.8, 4) is 0 Å². The summed E-state index contributed by atoms with van der Waals surface area (Å²) in [6, 6.07) is 19.7. The molecule has 0 radical (unpaired) electrons. The van der Waals surface area contributed by atoms with Crippen molar-refractivity contribution in [1.29, 1.82) is 0 Å². The summed E-state index contributed by atoms with van der Waals surface area (Å²) in [6.45, 7) is 0.972. The smallest absolute Gasteiger partial charge is 0.269 e. The van der Waals surface area contributed by atoms with Gasteiger partial charge in [-0.15, -0.1) is 0 Å². The highest BCUT2D eigenvalue weighted by Gasteiger charge is 2.06. The minimum atomic E-state index is -0.437. The third-order valence-electron chi connectivity index (χ3n) is 3.83. The number of non-ortho nitro benzene ring substituents is 1. The van der Waals surface area contributed by atoms with Crippen molar-refractivity contribution in [2.45, 2.75) is 0 Å². The van der Waals surface area contributed by atoms with Crippen LogP contribution in [-0.2, 0) is 0 Å². The van der Waals surface area contributed by atoms with Gasteiger partial charge in [0.1, 0.15) is 0 Å². The average molecular weight is 335 g/mol. The van der Waals surface area contributed by atoms with Gasteiger partial charge in [0.25, 0.3) is 11.6 Å². The first-order valence-corrected chi connectivity index (χ1v) is 7.89. The lowest BCUT2D eigenvalue weighted by atomic mass is 10.1. The van der Waals surface area contributed by atoms with Crippen molar-refractivity contribution >= 4 is 28.1 Å². The fourth-order valence-corrected chi connectivity index (χ4v) is 2.52. The maximum atomic E-state index is 12.2. The zero-order valence-electron chi connectivity index (χ0n) is 13.4. The van der Waals surface area contributed by atoms with Gasteiger partial charge in [-0.05, 0) is 35.0 Å². The highest BCUT2D eigenvalue weighted by atomic mass is 16.6. The van der Waals surface area contributed by atoms with Gasteiger partial charge in [0.2, 0.25) is 0 Å². The van der Waals surface area contributed by atoms with Crippen LogP contribution < -0.4 is 10.6 Å². The molecule has 3 rings (SSSR count). The van der Waals surface area contributed by atoms with Crippen molar-refractivity contribution < 1.29 is 9.72 Å².